The van der Waals surface area contributed by atoms with Crippen molar-refractivity contribution in [3.8, 4) is 23.3 Å². The number of carboxylic acid groups (broad SMARTS) is 2. The first-order valence-corrected chi connectivity index (χ1v) is 18.6. The van der Waals surface area contributed by atoms with Crippen molar-refractivity contribution in [2.75, 3.05) is 32.6 Å². The van der Waals surface area contributed by atoms with Crippen LogP contribution < -0.4 is 30.2 Å². The number of halogens is 7. The van der Waals surface area contributed by atoms with E-state index in [1.165, 1.54) is 18.2 Å². The van der Waals surface area contributed by atoms with Gasteiger partial charge in [-0.1, -0.05) is 18.2 Å². The van der Waals surface area contributed by atoms with E-state index in [9.17, 15) is 49.5 Å². The summed E-state index contributed by atoms with van der Waals surface area (Å²) in [5.74, 6) is -6.47. The van der Waals surface area contributed by atoms with Crippen LogP contribution in [0.15, 0.2) is 40.6 Å². The molecule has 0 fully saturated rings. The van der Waals surface area contributed by atoms with Crippen molar-refractivity contribution in [2.24, 2.45) is 11.5 Å². The second-order valence-corrected chi connectivity index (χ2v) is 14.7. The molecule has 1 atom stereocenters. The number of aliphatic carboxylic acids is 2. The van der Waals surface area contributed by atoms with Gasteiger partial charge in [0.25, 0.3) is 10.0 Å². The molecule has 296 valence electrons. The molecule has 3 aromatic rings. The van der Waals surface area contributed by atoms with Crippen LogP contribution >= 0.6 is 18.9 Å². The molecule has 25 heteroatoms. The highest BCUT2D eigenvalue weighted by atomic mass is 32.2. The van der Waals surface area contributed by atoms with Gasteiger partial charge in [-0.3, -0.25) is 0 Å². The van der Waals surface area contributed by atoms with Crippen LogP contribution in [-0.4, -0.2) is 80.4 Å². The maximum atomic E-state index is 15.6. The summed E-state index contributed by atoms with van der Waals surface area (Å²) in [6.45, 7) is 1.35. The topological polar surface area (TPSA) is 262 Å². The molecule has 1 unspecified atom stereocenters. The number of rotatable bonds is 16. The van der Waals surface area contributed by atoms with E-state index >= 15 is 4.39 Å². The number of ether oxygens (including phenoxy) is 2. The highest BCUT2D eigenvalue weighted by Gasteiger charge is 2.39. The number of nitriles is 1. The number of carboxylic acids is 2. The molecule has 2 aromatic carbocycles. The van der Waals surface area contributed by atoms with Gasteiger partial charge in [0, 0.05) is 10.8 Å². The number of nitrogens with zero attached hydrogens (tertiary/aromatic N) is 1. The summed E-state index contributed by atoms with van der Waals surface area (Å²) in [6.07, 6.45) is -8.61. The zero-order valence-corrected chi connectivity index (χ0v) is 29.5. The minimum Gasteiger partial charge on any atom is -0.490 e. The zero-order valence-electron chi connectivity index (χ0n) is 26.9. The van der Waals surface area contributed by atoms with E-state index in [4.69, 9.17) is 45.3 Å². The summed E-state index contributed by atoms with van der Waals surface area (Å²) < 4.78 is 135. The quantitative estimate of drug-likeness (QED) is 0.0637. The summed E-state index contributed by atoms with van der Waals surface area (Å²) >= 11 is 0.553. The first-order chi connectivity index (χ1) is 24.5. The normalized spacial score (nSPS) is 12.6. The van der Waals surface area contributed by atoms with Gasteiger partial charge in [-0.2, -0.15) is 36.3 Å². The maximum Gasteiger partial charge on any atom is 0.490 e. The molecule has 1 aromatic heterocycles. The number of nitrogens with two attached hydrogens (primary N) is 2. The number of benzene rings is 2. The van der Waals surface area contributed by atoms with Gasteiger partial charge < -0.3 is 40.6 Å². The van der Waals surface area contributed by atoms with Gasteiger partial charge in [-0.05, 0) is 50.9 Å². The third-order valence-corrected chi connectivity index (χ3v) is 10.1. The first kappa shape index (κ1) is 46.8. The average Bonchev–Trinajstić information content (AvgIpc) is 3.40. The number of nitrogens with one attached hydrogen (secondary N) is 1. The van der Waals surface area contributed by atoms with E-state index in [2.05, 4.69) is 0 Å². The summed E-state index contributed by atoms with van der Waals surface area (Å²) in [7, 11) is -9.08. The molecule has 1 heterocycles. The van der Waals surface area contributed by atoms with Gasteiger partial charge in [0.1, 0.15) is 23.7 Å². The molecule has 0 amide bonds. The first-order valence-electron chi connectivity index (χ1n) is 14.5. The van der Waals surface area contributed by atoms with Gasteiger partial charge >= 0.3 is 31.9 Å². The van der Waals surface area contributed by atoms with Crippen LogP contribution in [0.5, 0.6) is 17.2 Å². The Kier molecular flexibility index (Phi) is 18.4. The second-order valence-electron chi connectivity index (χ2n) is 9.91. The van der Waals surface area contributed by atoms with E-state index in [1.807, 2.05) is 10.8 Å². The number of hydrogen-bond donors (Lipinski definition) is 6. The summed E-state index contributed by atoms with van der Waals surface area (Å²) in [5, 5.41) is 23.9. The fourth-order valence-corrected chi connectivity index (χ4v) is 7.50. The predicted octanol–water partition coefficient (Wildman–Crippen LogP) is 4.91. The molecule has 0 aliphatic heterocycles. The highest BCUT2D eigenvalue weighted by Crippen LogP contribution is 2.45. The standard InChI is InChI=1S/C24H30FN4O7PS2.2C2HF3O2/c25-22-21-18(15-28)23(35-13-7-5-11-27)19(34-12-6-4-10-26)14-20(21)38-24(22)39(32,33)29-16-37(30,31)36-17-8-2-1-3-9-17;2*3-2(4,5)1(6)7/h1-3,8-9,14,29H,4-7,10-13,16,26-27H2,(H,30,31);2*(H,6,7). The lowest BCUT2D eigenvalue weighted by Crippen LogP contribution is -2.25. The fraction of sp³-hybridized carbons (Fsp3) is 0.393. The minimum absolute atomic E-state index is 0.000465. The lowest BCUT2D eigenvalue weighted by molar-refractivity contribution is -0.193. The molecular formula is C28H32F7N4O11PS2. The van der Waals surface area contributed by atoms with Crippen molar-refractivity contribution in [2.45, 2.75) is 42.2 Å². The molecule has 0 aliphatic carbocycles. The Balaban J connectivity index is 0.000000845. The molecule has 0 saturated heterocycles. The van der Waals surface area contributed by atoms with Gasteiger partial charge in [0.05, 0.1) is 18.6 Å². The van der Waals surface area contributed by atoms with Crippen molar-refractivity contribution < 1.29 is 82.4 Å². The minimum atomic E-state index is -5.08. The lowest BCUT2D eigenvalue weighted by atomic mass is 10.1. The van der Waals surface area contributed by atoms with Crippen molar-refractivity contribution in [3.05, 3.63) is 47.8 Å². The molecule has 0 aliphatic rings. The smallest absolute Gasteiger partial charge is 0.490 e. The van der Waals surface area contributed by atoms with Crippen LogP contribution in [0.25, 0.3) is 10.1 Å². The van der Waals surface area contributed by atoms with Crippen LogP contribution in [0.1, 0.15) is 31.2 Å². The number of sulfonamides is 1. The van der Waals surface area contributed by atoms with Crippen LogP contribution in [-0.2, 0) is 24.2 Å². The van der Waals surface area contributed by atoms with Crippen molar-refractivity contribution in [1.82, 2.24) is 4.72 Å². The van der Waals surface area contributed by atoms with E-state index in [1.54, 1.807) is 18.2 Å². The zero-order chi connectivity index (χ0) is 40.6. The van der Waals surface area contributed by atoms with Gasteiger partial charge in [0.2, 0.25) is 0 Å². The second kappa shape index (κ2) is 20.9. The lowest BCUT2D eigenvalue weighted by Gasteiger charge is -2.15. The molecule has 0 radical (unpaired) electrons. The summed E-state index contributed by atoms with van der Waals surface area (Å²) in [5.41, 5.74) is 10.8. The van der Waals surface area contributed by atoms with Crippen LogP contribution in [0.3, 0.4) is 0 Å². The number of unbranched alkanes of at least 4 members (excludes halogenated alkanes) is 2. The number of carbonyl (C=O) groups is 2. The number of hydrogen-bond acceptors (Lipinski definition) is 12. The Morgan fingerprint density at radius 2 is 1.42 bits per heavy atom. The number of fused-ring (bicyclic) bond motifs is 1. The molecule has 53 heavy (non-hydrogen) atoms. The monoisotopic (exact) mass is 828 g/mol. The molecular weight excluding hydrogens is 796 g/mol. The molecule has 15 nitrogen and oxygen atoms in total. The Hall–Kier alpha value is -4.24. The Morgan fingerprint density at radius 3 is 1.87 bits per heavy atom. The number of alkyl halides is 6. The summed E-state index contributed by atoms with van der Waals surface area (Å²) in [6, 6.07) is 11.0. The Labute approximate surface area is 300 Å². The number of para-hydroxylation sites is 1. The van der Waals surface area contributed by atoms with Crippen LogP contribution in [0, 0.1) is 17.1 Å². The van der Waals surface area contributed by atoms with Gasteiger partial charge in [0.15, 0.2) is 21.5 Å². The molecule has 0 bridgehead atoms. The fourth-order valence-electron chi connectivity index (χ4n) is 3.45. The molecule has 3 rings (SSSR count). The van der Waals surface area contributed by atoms with Crippen LogP contribution in [0.4, 0.5) is 30.7 Å². The van der Waals surface area contributed by atoms with Crippen molar-refractivity contribution >= 4 is 51.0 Å². The van der Waals surface area contributed by atoms with Gasteiger partial charge in [-0.15, -0.1) is 11.3 Å². The van der Waals surface area contributed by atoms with E-state index in [0.29, 0.717) is 50.1 Å². The third kappa shape index (κ3) is 15.7. The Morgan fingerprint density at radius 1 is 0.925 bits per heavy atom. The van der Waals surface area contributed by atoms with E-state index < -0.39 is 58.2 Å². The largest absolute Gasteiger partial charge is 0.490 e. The summed E-state index contributed by atoms with van der Waals surface area (Å²) in [4.78, 5) is 27.9. The Bertz CT molecular complexity index is 1850. The molecule has 0 spiro atoms. The van der Waals surface area contributed by atoms with E-state index in [-0.39, 0.29) is 46.1 Å². The molecule has 8 N–H and O–H groups in total. The highest BCUT2D eigenvalue weighted by molar-refractivity contribution is 7.92. The predicted molar refractivity (Wildman–Crippen MR) is 174 cm³/mol. The van der Waals surface area contributed by atoms with E-state index in [0.717, 1.165) is 0 Å². The van der Waals surface area contributed by atoms with Crippen LogP contribution in [0.2, 0.25) is 0 Å². The number of thiophene rings is 1. The average molecular weight is 829 g/mol. The SMILES string of the molecule is N#Cc1c(OCCCCN)c(OCCCCN)cc2sc(S(=O)(=O)NCP(=O)(O)Oc3ccccc3)c(F)c12.O=C(O)C(F)(F)F.O=C(O)C(F)(F)F. The van der Waals surface area contributed by atoms with Crippen molar-refractivity contribution in [3.63, 3.8) is 0 Å². The molecule has 0 saturated carbocycles. The maximum absolute atomic E-state index is 15.6. The van der Waals surface area contributed by atoms with Gasteiger partial charge in [-0.25, -0.2) is 27.0 Å². The third-order valence-electron chi connectivity index (χ3n) is 5.80. The van der Waals surface area contributed by atoms with Crippen molar-refractivity contribution in [1.29, 1.82) is 5.26 Å².